The molecule has 3 rings (SSSR count). The average Bonchev–Trinajstić information content (AvgIpc) is 2.81. The first kappa shape index (κ1) is 22.6. The van der Waals surface area contributed by atoms with Gasteiger partial charge in [0.2, 0.25) is 0 Å². The number of hydrogen-bond donors (Lipinski definition) is 1. The Labute approximate surface area is 183 Å². The summed E-state index contributed by atoms with van der Waals surface area (Å²) in [7, 11) is 0. The topological polar surface area (TPSA) is 76.1 Å². The van der Waals surface area contributed by atoms with Gasteiger partial charge in [0.15, 0.2) is 6.10 Å². The number of hydrogen-bond acceptors (Lipinski definition) is 5. The van der Waals surface area contributed by atoms with Gasteiger partial charge in [0.1, 0.15) is 6.61 Å². The largest absolute Gasteiger partial charge is 0.453 e. The minimum Gasteiger partial charge on any atom is -0.453 e. The summed E-state index contributed by atoms with van der Waals surface area (Å²) in [6, 6.07) is 19.3. The van der Waals surface area contributed by atoms with Crippen LogP contribution in [0.4, 0.5) is 4.79 Å². The third-order valence-corrected chi connectivity index (χ3v) is 5.48. The molecule has 0 aliphatic carbocycles. The van der Waals surface area contributed by atoms with E-state index in [1.54, 1.807) is 0 Å². The quantitative estimate of drug-likeness (QED) is 0.511. The molecule has 1 heterocycles. The first-order valence-electron chi connectivity index (χ1n) is 10.6. The van der Waals surface area contributed by atoms with Crippen molar-refractivity contribution in [2.45, 2.75) is 31.5 Å². The van der Waals surface area contributed by atoms with Gasteiger partial charge in [-0.05, 0) is 29.9 Å². The smallest absolute Gasteiger partial charge is 0.410 e. The molecule has 0 spiro atoms. The van der Waals surface area contributed by atoms with Gasteiger partial charge in [-0.25, -0.2) is 4.79 Å². The molecule has 0 unspecified atom stereocenters. The summed E-state index contributed by atoms with van der Waals surface area (Å²) in [4.78, 5) is 26.1. The lowest BCUT2D eigenvalue weighted by Gasteiger charge is -2.35. The van der Waals surface area contributed by atoms with Crippen LogP contribution in [0.1, 0.15) is 36.5 Å². The zero-order valence-corrected chi connectivity index (χ0v) is 17.6. The van der Waals surface area contributed by atoms with E-state index in [1.165, 1.54) is 11.0 Å². The van der Waals surface area contributed by atoms with E-state index in [0.29, 0.717) is 19.4 Å². The number of benzene rings is 2. The number of β-amino-alcohol motifs (C(OH)–C–C–N with tert-alkyl or cyclic N) is 1. The molecule has 1 saturated heterocycles. The van der Waals surface area contributed by atoms with Gasteiger partial charge in [-0.3, -0.25) is 4.79 Å². The van der Waals surface area contributed by atoms with Crippen LogP contribution in [-0.4, -0.2) is 47.9 Å². The van der Waals surface area contributed by atoms with Gasteiger partial charge in [-0.2, -0.15) is 0 Å². The van der Waals surface area contributed by atoms with E-state index in [-0.39, 0.29) is 31.5 Å². The van der Waals surface area contributed by atoms with Crippen LogP contribution in [0.2, 0.25) is 0 Å². The second-order valence-corrected chi connectivity index (χ2v) is 7.66. The Hall–Kier alpha value is -3.12. The maximum Gasteiger partial charge on any atom is 0.410 e. The number of carbonyl (C=O) groups excluding carboxylic acids is 2. The van der Waals surface area contributed by atoms with Crippen LogP contribution in [0.15, 0.2) is 73.3 Å². The number of likely N-dealkylation sites (tertiary alicyclic amines) is 1. The van der Waals surface area contributed by atoms with Gasteiger partial charge in [0.05, 0.1) is 12.6 Å². The molecule has 1 aliphatic rings. The Morgan fingerprint density at radius 3 is 2.26 bits per heavy atom. The molecule has 1 N–H and O–H groups in total. The molecule has 164 valence electrons. The first-order valence-corrected chi connectivity index (χ1v) is 10.6. The normalized spacial score (nSPS) is 18.5. The molecule has 31 heavy (non-hydrogen) atoms. The fraction of sp³-hybridized carbons (Fsp3) is 0.360. The van der Waals surface area contributed by atoms with Crippen LogP contribution in [0.5, 0.6) is 0 Å². The second kappa shape index (κ2) is 11.3. The lowest BCUT2D eigenvalue weighted by molar-refractivity contribution is -0.148. The molecule has 6 nitrogen and oxygen atoms in total. The number of nitrogens with zero attached hydrogens (tertiary/aromatic N) is 1. The van der Waals surface area contributed by atoms with E-state index in [2.05, 4.69) is 6.58 Å². The van der Waals surface area contributed by atoms with Crippen LogP contribution in [-0.2, 0) is 14.3 Å². The molecule has 1 amide bonds. The Balaban J connectivity index is 1.54. The summed E-state index contributed by atoms with van der Waals surface area (Å²) >= 11 is 0. The van der Waals surface area contributed by atoms with E-state index in [4.69, 9.17) is 9.47 Å². The Morgan fingerprint density at radius 1 is 1.10 bits per heavy atom. The Bertz CT molecular complexity index is 815. The highest BCUT2D eigenvalue weighted by Gasteiger charge is 2.31. The summed E-state index contributed by atoms with van der Waals surface area (Å²) in [6.45, 7) is 4.35. The van der Waals surface area contributed by atoms with Crippen LogP contribution < -0.4 is 0 Å². The molecular formula is C25H29NO5. The number of aliphatic hydroxyl groups excluding tert-OH is 1. The molecule has 1 fully saturated rings. The van der Waals surface area contributed by atoms with E-state index in [9.17, 15) is 14.7 Å². The van der Waals surface area contributed by atoms with Gasteiger partial charge in [0, 0.05) is 13.0 Å². The van der Waals surface area contributed by atoms with Crippen molar-refractivity contribution in [3.05, 3.63) is 84.4 Å². The van der Waals surface area contributed by atoms with Crippen molar-refractivity contribution in [3.8, 4) is 0 Å². The fourth-order valence-electron chi connectivity index (χ4n) is 3.78. The van der Waals surface area contributed by atoms with Crippen molar-refractivity contribution in [2.24, 2.45) is 5.92 Å². The molecule has 1 aliphatic heterocycles. The molecule has 2 aromatic carbocycles. The minimum atomic E-state index is -0.697. The lowest BCUT2D eigenvalue weighted by Crippen LogP contribution is -2.46. The summed E-state index contributed by atoms with van der Waals surface area (Å²) in [5, 5.41) is 10.4. The van der Waals surface area contributed by atoms with Gasteiger partial charge >= 0.3 is 12.1 Å². The standard InChI is InChI=1S/C25H29NO5/c1-2-17-30-25(29)26-16-15-19(22(27)18-26)13-14-23(28)31-24(20-9-5-3-6-10-20)21-11-7-4-8-12-21/h2-12,19,22,24,27H,1,13-18H2/t19-,22+/m1/s1. The van der Waals surface area contributed by atoms with Gasteiger partial charge in [-0.15, -0.1) is 0 Å². The number of amides is 1. The van der Waals surface area contributed by atoms with E-state index in [0.717, 1.165) is 11.1 Å². The average molecular weight is 424 g/mol. The van der Waals surface area contributed by atoms with Crippen molar-refractivity contribution in [3.63, 3.8) is 0 Å². The molecule has 6 heteroatoms. The van der Waals surface area contributed by atoms with Crippen LogP contribution in [0.3, 0.4) is 0 Å². The van der Waals surface area contributed by atoms with Gasteiger partial charge < -0.3 is 19.5 Å². The molecule has 2 aromatic rings. The monoisotopic (exact) mass is 423 g/mol. The van der Waals surface area contributed by atoms with E-state index >= 15 is 0 Å². The molecule has 0 aromatic heterocycles. The molecule has 0 radical (unpaired) electrons. The molecule has 0 saturated carbocycles. The Kier molecular flexibility index (Phi) is 8.24. The van der Waals surface area contributed by atoms with Crippen LogP contribution >= 0.6 is 0 Å². The number of aliphatic hydroxyl groups is 1. The third kappa shape index (κ3) is 6.43. The lowest BCUT2D eigenvalue weighted by atomic mass is 9.90. The van der Waals surface area contributed by atoms with E-state index in [1.807, 2.05) is 60.7 Å². The fourth-order valence-corrected chi connectivity index (χ4v) is 3.78. The molecule has 0 bridgehead atoms. The summed E-state index contributed by atoms with van der Waals surface area (Å²) in [6.07, 6.45) is 1.21. The Morgan fingerprint density at radius 2 is 1.71 bits per heavy atom. The first-order chi connectivity index (χ1) is 15.1. The van der Waals surface area contributed by atoms with Gasteiger partial charge in [-0.1, -0.05) is 73.3 Å². The van der Waals surface area contributed by atoms with Gasteiger partial charge in [0.25, 0.3) is 0 Å². The predicted molar refractivity (Wildman–Crippen MR) is 117 cm³/mol. The van der Waals surface area contributed by atoms with Crippen LogP contribution in [0.25, 0.3) is 0 Å². The van der Waals surface area contributed by atoms with Crippen molar-refractivity contribution in [1.29, 1.82) is 0 Å². The number of esters is 1. The zero-order valence-electron chi connectivity index (χ0n) is 17.6. The summed E-state index contributed by atoms with van der Waals surface area (Å²) in [5.74, 6) is -0.374. The van der Waals surface area contributed by atoms with Crippen LogP contribution in [0, 0.1) is 5.92 Å². The highest BCUT2D eigenvalue weighted by atomic mass is 16.6. The SMILES string of the molecule is C=CCOC(=O)N1CC[C@@H](CCC(=O)OC(c2ccccc2)c2ccccc2)[C@@H](O)C1. The highest BCUT2D eigenvalue weighted by molar-refractivity contribution is 5.70. The van der Waals surface area contributed by atoms with Crippen molar-refractivity contribution >= 4 is 12.1 Å². The third-order valence-electron chi connectivity index (χ3n) is 5.48. The number of carbonyl (C=O) groups is 2. The van der Waals surface area contributed by atoms with Crippen molar-refractivity contribution in [1.82, 2.24) is 4.90 Å². The maximum atomic E-state index is 12.6. The molecule has 2 atom stereocenters. The zero-order chi connectivity index (χ0) is 22.1. The minimum absolute atomic E-state index is 0.0668. The number of ether oxygens (including phenoxy) is 2. The highest BCUT2D eigenvalue weighted by Crippen LogP contribution is 2.28. The molecular weight excluding hydrogens is 394 g/mol. The summed E-state index contributed by atoms with van der Waals surface area (Å²) < 4.78 is 10.9. The van der Waals surface area contributed by atoms with Crippen molar-refractivity contribution < 1.29 is 24.2 Å². The predicted octanol–water partition coefficient (Wildman–Crippen LogP) is 4.10. The second-order valence-electron chi connectivity index (χ2n) is 7.66. The maximum absolute atomic E-state index is 12.6. The number of rotatable bonds is 8. The van der Waals surface area contributed by atoms with Crippen molar-refractivity contribution in [2.75, 3.05) is 19.7 Å². The number of piperidine rings is 1. The van der Waals surface area contributed by atoms with E-state index < -0.39 is 18.3 Å². The summed E-state index contributed by atoms with van der Waals surface area (Å²) in [5.41, 5.74) is 1.82.